The van der Waals surface area contributed by atoms with Gasteiger partial charge in [-0.15, -0.1) is 0 Å². The lowest BCUT2D eigenvalue weighted by Crippen LogP contribution is -2.40. The van der Waals surface area contributed by atoms with Crippen LogP contribution in [0.2, 0.25) is 0 Å². The Morgan fingerprint density at radius 2 is 1.94 bits per heavy atom. The van der Waals surface area contributed by atoms with E-state index in [9.17, 15) is 9.59 Å². The third-order valence-corrected chi connectivity index (χ3v) is 7.50. The maximum Gasteiger partial charge on any atom is 0.223 e. The van der Waals surface area contributed by atoms with Crippen LogP contribution in [0.1, 0.15) is 68.0 Å². The topological polar surface area (TPSA) is 96.2 Å². The number of carbonyl (C=O) groups excluding carboxylic acids is 2. The fourth-order valence-electron chi connectivity index (χ4n) is 5.58. The lowest BCUT2D eigenvalue weighted by molar-refractivity contribution is -0.135. The fourth-order valence-corrected chi connectivity index (χ4v) is 5.58. The number of rotatable bonds is 6. The van der Waals surface area contributed by atoms with Crippen molar-refractivity contribution >= 4 is 28.7 Å². The van der Waals surface area contributed by atoms with Crippen LogP contribution in [-0.2, 0) is 29.1 Å². The molecule has 0 saturated carbocycles. The molecular formula is C27H35N7O2. The van der Waals surface area contributed by atoms with E-state index >= 15 is 0 Å². The van der Waals surface area contributed by atoms with Crippen LogP contribution >= 0.6 is 0 Å². The number of hydrogen-bond donors (Lipinski definition) is 1. The van der Waals surface area contributed by atoms with E-state index in [0.29, 0.717) is 25.3 Å². The number of likely N-dealkylation sites (tertiary alicyclic amines) is 1. The monoisotopic (exact) mass is 489 g/mol. The Morgan fingerprint density at radius 3 is 2.75 bits per heavy atom. The van der Waals surface area contributed by atoms with Gasteiger partial charge < -0.3 is 19.7 Å². The third kappa shape index (κ3) is 4.66. The van der Waals surface area contributed by atoms with Crippen LogP contribution in [0.5, 0.6) is 0 Å². The zero-order valence-electron chi connectivity index (χ0n) is 21.5. The molecule has 9 heteroatoms. The van der Waals surface area contributed by atoms with E-state index in [0.717, 1.165) is 79.1 Å². The molecule has 3 aromatic rings. The quantitative estimate of drug-likeness (QED) is 0.568. The van der Waals surface area contributed by atoms with E-state index in [1.54, 1.807) is 6.92 Å². The van der Waals surface area contributed by atoms with Gasteiger partial charge in [0.1, 0.15) is 11.6 Å². The number of nitrogens with one attached hydrogen (secondary N) is 1. The average Bonchev–Trinajstić information content (AvgIpc) is 3.22. The van der Waals surface area contributed by atoms with E-state index in [-0.39, 0.29) is 17.9 Å². The summed E-state index contributed by atoms with van der Waals surface area (Å²) in [6, 6.07) is 8.00. The first kappa shape index (κ1) is 24.2. The summed E-state index contributed by atoms with van der Waals surface area (Å²) in [7, 11) is 1.87. The van der Waals surface area contributed by atoms with Crippen molar-refractivity contribution in [3.05, 3.63) is 47.2 Å². The molecule has 0 spiro atoms. The second-order valence-corrected chi connectivity index (χ2v) is 9.80. The fraction of sp³-hybridized carbons (Fsp3) is 0.519. The van der Waals surface area contributed by atoms with Crippen LogP contribution in [0.25, 0.3) is 11.0 Å². The van der Waals surface area contributed by atoms with E-state index in [4.69, 9.17) is 9.97 Å². The Kier molecular flexibility index (Phi) is 6.89. The van der Waals surface area contributed by atoms with Gasteiger partial charge in [0.25, 0.3) is 0 Å². The summed E-state index contributed by atoms with van der Waals surface area (Å²) in [5, 5.41) is 3.23. The van der Waals surface area contributed by atoms with Gasteiger partial charge in [0, 0.05) is 45.6 Å². The number of benzene rings is 1. The molecule has 0 radical (unpaired) electrons. The predicted molar refractivity (Wildman–Crippen MR) is 138 cm³/mol. The molecule has 1 atom stereocenters. The molecule has 4 heterocycles. The molecule has 0 bridgehead atoms. The summed E-state index contributed by atoms with van der Waals surface area (Å²) >= 11 is 0. The highest BCUT2D eigenvalue weighted by molar-refractivity contribution is 5.77. The van der Waals surface area contributed by atoms with Crippen molar-refractivity contribution in [2.24, 2.45) is 0 Å². The van der Waals surface area contributed by atoms with E-state index in [1.165, 1.54) is 0 Å². The van der Waals surface area contributed by atoms with Gasteiger partial charge in [0.05, 0.1) is 29.3 Å². The molecule has 190 valence electrons. The van der Waals surface area contributed by atoms with Crippen LogP contribution in [0.4, 0.5) is 5.82 Å². The Labute approximate surface area is 211 Å². The van der Waals surface area contributed by atoms with Crippen molar-refractivity contribution in [1.82, 2.24) is 29.3 Å². The van der Waals surface area contributed by atoms with Crippen molar-refractivity contribution in [2.75, 3.05) is 25.5 Å². The summed E-state index contributed by atoms with van der Waals surface area (Å²) in [5.41, 5.74) is 4.08. The van der Waals surface area contributed by atoms with Gasteiger partial charge in [0.15, 0.2) is 5.82 Å². The zero-order valence-corrected chi connectivity index (χ0v) is 21.5. The number of amides is 2. The highest BCUT2D eigenvalue weighted by Gasteiger charge is 2.32. The molecule has 1 N–H and O–H groups in total. The first-order chi connectivity index (χ1) is 17.5. The number of hydrogen-bond acceptors (Lipinski definition) is 6. The Morgan fingerprint density at radius 1 is 1.11 bits per heavy atom. The van der Waals surface area contributed by atoms with Gasteiger partial charge >= 0.3 is 0 Å². The molecule has 2 aliphatic rings. The summed E-state index contributed by atoms with van der Waals surface area (Å²) in [4.78, 5) is 43.6. The second kappa shape index (κ2) is 10.2. The van der Waals surface area contributed by atoms with Gasteiger partial charge in [-0.1, -0.05) is 12.1 Å². The van der Waals surface area contributed by atoms with Crippen molar-refractivity contribution in [1.29, 1.82) is 0 Å². The number of aromatic nitrogens is 4. The minimum atomic E-state index is -0.132. The standard InChI is InChI=1S/C27H35N7O2/c1-18-29-21-9-4-5-10-23(21)33(18)15-8-12-25(36)34-14-7-6-11-24(34)27-30-22-17-32(19(2)35)16-13-20(22)26(28-3)31-27/h4-5,9-10,24H,6-8,11-17H2,1-3H3,(H,28,30,31)/t24-/m1/s1. The lowest BCUT2D eigenvalue weighted by Gasteiger charge is -2.36. The molecule has 0 aliphatic carbocycles. The van der Waals surface area contributed by atoms with Gasteiger partial charge in [-0.25, -0.2) is 15.0 Å². The van der Waals surface area contributed by atoms with Crippen molar-refractivity contribution in [2.45, 2.75) is 71.5 Å². The highest BCUT2D eigenvalue weighted by Crippen LogP contribution is 2.33. The van der Waals surface area contributed by atoms with Gasteiger partial charge in [0.2, 0.25) is 11.8 Å². The number of fused-ring (bicyclic) bond motifs is 2. The van der Waals surface area contributed by atoms with Crippen molar-refractivity contribution < 1.29 is 9.59 Å². The SMILES string of the molecule is CNc1nc([C@H]2CCCCN2C(=O)CCCn2c(C)nc3ccccc32)nc2c1CCN(C(C)=O)C2. The number of piperidine rings is 1. The predicted octanol–water partition coefficient (Wildman–Crippen LogP) is 3.62. The molecule has 5 rings (SSSR count). The molecule has 1 saturated heterocycles. The minimum absolute atomic E-state index is 0.0576. The molecule has 36 heavy (non-hydrogen) atoms. The number of anilines is 1. The van der Waals surface area contributed by atoms with Crippen LogP contribution in [0.3, 0.4) is 0 Å². The highest BCUT2D eigenvalue weighted by atomic mass is 16.2. The minimum Gasteiger partial charge on any atom is -0.373 e. The normalized spacial score (nSPS) is 17.8. The Bertz CT molecular complexity index is 1280. The average molecular weight is 490 g/mol. The van der Waals surface area contributed by atoms with Crippen LogP contribution in [0, 0.1) is 6.92 Å². The molecule has 9 nitrogen and oxygen atoms in total. The summed E-state index contributed by atoms with van der Waals surface area (Å²) in [6.45, 7) is 6.28. The molecule has 2 aromatic heterocycles. The van der Waals surface area contributed by atoms with Gasteiger partial charge in [-0.05, 0) is 51.2 Å². The Hall–Kier alpha value is -3.49. The number of para-hydroxylation sites is 2. The molecule has 0 unspecified atom stereocenters. The molecule has 1 aromatic carbocycles. The number of carbonyl (C=O) groups is 2. The number of imidazole rings is 1. The second-order valence-electron chi connectivity index (χ2n) is 9.80. The maximum absolute atomic E-state index is 13.4. The molecule has 1 fully saturated rings. The first-order valence-corrected chi connectivity index (χ1v) is 13.0. The molecule has 2 amide bonds. The Balaban J connectivity index is 1.32. The molecule has 2 aliphatic heterocycles. The van der Waals surface area contributed by atoms with E-state index in [1.807, 2.05) is 42.0 Å². The largest absolute Gasteiger partial charge is 0.373 e. The van der Waals surface area contributed by atoms with Crippen LogP contribution < -0.4 is 5.32 Å². The van der Waals surface area contributed by atoms with E-state index in [2.05, 4.69) is 20.9 Å². The van der Waals surface area contributed by atoms with Gasteiger partial charge in [-0.3, -0.25) is 9.59 Å². The summed E-state index contributed by atoms with van der Waals surface area (Å²) < 4.78 is 2.20. The van der Waals surface area contributed by atoms with Crippen molar-refractivity contribution in [3.8, 4) is 0 Å². The smallest absolute Gasteiger partial charge is 0.223 e. The maximum atomic E-state index is 13.4. The zero-order chi connectivity index (χ0) is 25.2. The number of aryl methyl sites for hydroxylation is 2. The number of nitrogens with zero attached hydrogens (tertiary/aromatic N) is 6. The summed E-state index contributed by atoms with van der Waals surface area (Å²) in [5.74, 6) is 2.69. The van der Waals surface area contributed by atoms with Crippen LogP contribution in [-0.4, -0.2) is 61.3 Å². The molecular weight excluding hydrogens is 454 g/mol. The lowest BCUT2D eigenvalue weighted by atomic mass is 9.99. The third-order valence-electron chi connectivity index (χ3n) is 7.50. The van der Waals surface area contributed by atoms with Crippen LogP contribution in [0.15, 0.2) is 24.3 Å². The summed E-state index contributed by atoms with van der Waals surface area (Å²) in [6.07, 6.45) is 4.86. The van der Waals surface area contributed by atoms with Gasteiger partial charge in [-0.2, -0.15) is 0 Å². The first-order valence-electron chi connectivity index (χ1n) is 13.0. The van der Waals surface area contributed by atoms with Crippen molar-refractivity contribution in [3.63, 3.8) is 0 Å². The van der Waals surface area contributed by atoms with E-state index < -0.39 is 0 Å².